The van der Waals surface area contributed by atoms with Gasteiger partial charge in [0, 0.05) is 22.5 Å². The Morgan fingerprint density at radius 2 is 1.44 bits per heavy atom. The molecule has 278 valence electrons. The van der Waals surface area contributed by atoms with E-state index in [9.17, 15) is 10.2 Å². The predicted molar refractivity (Wildman–Crippen MR) is 239 cm³/mol. The van der Waals surface area contributed by atoms with E-state index in [1.807, 2.05) is 40.8 Å². The topological polar surface area (TPSA) is 76.9 Å². The van der Waals surface area contributed by atoms with Gasteiger partial charge in [-0.05, 0) is 115 Å². The Balaban J connectivity index is 1.09. The van der Waals surface area contributed by atoms with Crippen molar-refractivity contribution in [1.82, 2.24) is 10.6 Å². The van der Waals surface area contributed by atoms with Crippen molar-refractivity contribution in [2.75, 3.05) is 0 Å². The number of nitrogens with zero attached hydrogens (tertiary/aromatic N) is 1. The Morgan fingerprint density at radius 3 is 2.21 bits per heavy atom. The van der Waals surface area contributed by atoms with Crippen LogP contribution in [-0.4, -0.2) is 31.7 Å². The molecule has 10 rings (SSSR count). The summed E-state index contributed by atoms with van der Waals surface area (Å²) in [5.41, 5.74) is 18.2. The van der Waals surface area contributed by atoms with Crippen LogP contribution in [0.2, 0.25) is 0 Å². The van der Waals surface area contributed by atoms with Crippen LogP contribution in [0.3, 0.4) is 0 Å². The number of phenolic OH excluding ortho intramolecular Hbond substituents is 2. The normalized spacial score (nSPS) is 19.6. The van der Waals surface area contributed by atoms with E-state index in [0.29, 0.717) is 18.1 Å². The number of hydrogen-bond acceptors (Lipinski definition) is 5. The van der Waals surface area contributed by atoms with Gasteiger partial charge in [0.15, 0.2) is 0 Å². The number of fused-ring (bicyclic) bond motifs is 6. The lowest BCUT2D eigenvalue weighted by molar-refractivity contribution is 0.392. The zero-order valence-electron chi connectivity index (χ0n) is 33.1. The molecule has 6 aromatic carbocycles. The fourth-order valence-electron chi connectivity index (χ4n) is 9.97. The van der Waals surface area contributed by atoms with Crippen molar-refractivity contribution in [3.63, 3.8) is 0 Å². The fourth-order valence-corrected chi connectivity index (χ4v) is 9.97. The second-order valence-corrected chi connectivity index (χ2v) is 16.7. The molecular formula is C50H45B2N3O2. The van der Waals surface area contributed by atoms with Gasteiger partial charge in [-0.25, -0.2) is 4.99 Å². The van der Waals surface area contributed by atoms with Gasteiger partial charge in [-0.2, -0.15) is 0 Å². The largest absolute Gasteiger partial charge is 0.508 e. The predicted octanol–water partition coefficient (Wildman–Crippen LogP) is 7.40. The molecule has 0 amide bonds. The third-order valence-electron chi connectivity index (χ3n) is 13.1. The highest BCUT2D eigenvalue weighted by atomic mass is 16.3. The highest BCUT2D eigenvalue weighted by Gasteiger charge is 2.37. The zero-order valence-corrected chi connectivity index (χ0v) is 33.1. The monoisotopic (exact) mass is 741 g/mol. The molecule has 5 nitrogen and oxygen atoms in total. The van der Waals surface area contributed by atoms with Crippen LogP contribution in [0.5, 0.6) is 11.5 Å². The average Bonchev–Trinajstić information content (AvgIpc) is 3.74. The average molecular weight is 742 g/mol. The quantitative estimate of drug-likeness (QED) is 0.139. The lowest BCUT2D eigenvalue weighted by atomic mass is 9.76. The van der Waals surface area contributed by atoms with Gasteiger partial charge in [-0.15, -0.1) is 0 Å². The van der Waals surface area contributed by atoms with Crippen LogP contribution >= 0.6 is 0 Å². The Hall–Kier alpha value is -6.04. The number of rotatable bonds is 5. The summed E-state index contributed by atoms with van der Waals surface area (Å²) in [5.74, 6) is 1.73. The Labute approximate surface area is 336 Å². The van der Waals surface area contributed by atoms with Crippen molar-refractivity contribution in [2.24, 2.45) is 4.99 Å². The first kappa shape index (κ1) is 35.4. The van der Waals surface area contributed by atoms with Gasteiger partial charge in [-0.1, -0.05) is 129 Å². The van der Waals surface area contributed by atoms with Gasteiger partial charge in [0.2, 0.25) is 0 Å². The third kappa shape index (κ3) is 5.54. The first-order valence-corrected chi connectivity index (χ1v) is 20.1. The minimum atomic E-state index is -0.534. The van der Waals surface area contributed by atoms with E-state index < -0.39 is 6.17 Å². The fraction of sp³-hybridized carbons (Fsp3) is 0.180. The molecule has 6 aromatic rings. The number of allylic oxidation sites excluding steroid dienone is 4. The second kappa shape index (κ2) is 13.3. The number of hydrogen-bond donors (Lipinski definition) is 4. The van der Waals surface area contributed by atoms with Crippen LogP contribution in [0.1, 0.15) is 88.6 Å². The SMILES string of the molecule is Bc1c(O)c(C2N=C(c3ccc4c(c3)C(C)(C)c3ccccc3-4)NC(c3ccc(C4C=CC=CC4)cc3)N2)cc2c1-c1c(c(C)c(O)c(B)c1-c1ccccc1)C2. The van der Waals surface area contributed by atoms with E-state index in [2.05, 4.69) is 134 Å². The summed E-state index contributed by atoms with van der Waals surface area (Å²) < 4.78 is 0. The number of nitrogens with one attached hydrogen (secondary N) is 2. The highest BCUT2D eigenvalue weighted by molar-refractivity contribution is 6.42. The third-order valence-corrected chi connectivity index (χ3v) is 13.1. The van der Waals surface area contributed by atoms with E-state index in [-0.39, 0.29) is 17.3 Å². The summed E-state index contributed by atoms with van der Waals surface area (Å²) in [6, 6.07) is 36.8. The van der Waals surface area contributed by atoms with Crippen LogP contribution in [0.15, 0.2) is 132 Å². The van der Waals surface area contributed by atoms with Gasteiger partial charge in [0.05, 0.1) is 0 Å². The number of aromatic hydroxyl groups is 2. The molecular weight excluding hydrogens is 696 g/mol. The van der Waals surface area contributed by atoms with E-state index in [1.165, 1.54) is 27.8 Å². The van der Waals surface area contributed by atoms with Crippen molar-refractivity contribution >= 4 is 32.5 Å². The van der Waals surface area contributed by atoms with Crippen molar-refractivity contribution in [3.05, 3.63) is 178 Å². The van der Waals surface area contributed by atoms with E-state index in [4.69, 9.17) is 4.99 Å². The molecule has 0 spiro atoms. The highest BCUT2D eigenvalue weighted by Crippen LogP contribution is 2.50. The first-order chi connectivity index (χ1) is 27.6. The Bertz CT molecular complexity index is 2730. The lowest BCUT2D eigenvalue weighted by Crippen LogP contribution is -2.45. The maximum absolute atomic E-state index is 12.3. The minimum Gasteiger partial charge on any atom is -0.508 e. The standard InChI is InChI=1S/C50H45B2N3O2/c1-27-36-24-33-25-37(46(57)44(52)41(33)42(36)40(43(51)45(27)56)30-14-8-5-9-15-30)49-54-47(31-20-18-29(19-21-31)28-12-6-4-7-13-28)53-48(55-49)32-22-23-35-34-16-10-11-17-38(34)50(2,3)39(35)26-32/h4-12,14-23,25-26,28,47,49,54,56-57H,13,24,51-52H2,1-3H3,(H,53,55). The molecule has 1 aliphatic heterocycles. The van der Waals surface area contributed by atoms with E-state index >= 15 is 0 Å². The minimum absolute atomic E-state index is 0.152. The Morgan fingerprint density at radius 1 is 0.719 bits per heavy atom. The molecule has 57 heavy (non-hydrogen) atoms. The Kier molecular flexibility index (Phi) is 8.24. The summed E-state index contributed by atoms with van der Waals surface area (Å²) in [6.45, 7) is 6.62. The molecule has 3 unspecified atom stereocenters. The molecule has 7 heteroatoms. The molecule has 3 aliphatic carbocycles. The summed E-state index contributed by atoms with van der Waals surface area (Å²) in [4.78, 5) is 5.38. The van der Waals surface area contributed by atoms with Gasteiger partial charge < -0.3 is 15.5 Å². The van der Waals surface area contributed by atoms with Gasteiger partial charge >= 0.3 is 0 Å². The van der Waals surface area contributed by atoms with Gasteiger partial charge in [0.25, 0.3) is 0 Å². The molecule has 0 bridgehead atoms. The summed E-state index contributed by atoms with van der Waals surface area (Å²) in [5, 5.41) is 31.3. The van der Waals surface area contributed by atoms with Crippen LogP contribution in [0.4, 0.5) is 0 Å². The maximum Gasteiger partial charge on any atom is 0.145 e. The molecule has 0 saturated heterocycles. The molecule has 0 fully saturated rings. The van der Waals surface area contributed by atoms with Crippen molar-refractivity contribution < 1.29 is 10.2 Å². The summed E-state index contributed by atoms with van der Waals surface area (Å²) >= 11 is 0. The molecule has 4 aliphatic rings. The van der Waals surface area contributed by atoms with Crippen molar-refractivity contribution in [3.8, 4) is 44.9 Å². The lowest BCUT2D eigenvalue weighted by Gasteiger charge is -2.33. The number of aliphatic imine (C=N–C) groups is 1. The molecule has 3 atom stereocenters. The van der Waals surface area contributed by atoms with Crippen molar-refractivity contribution in [1.29, 1.82) is 0 Å². The van der Waals surface area contributed by atoms with Crippen LogP contribution in [-0.2, 0) is 11.8 Å². The summed E-state index contributed by atoms with van der Waals surface area (Å²) in [7, 11) is 4.02. The van der Waals surface area contributed by atoms with Crippen molar-refractivity contribution in [2.45, 2.75) is 57.3 Å². The molecule has 0 saturated carbocycles. The first-order valence-electron chi connectivity index (χ1n) is 20.1. The van der Waals surface area contributed by atoms with Gasteiger partial charge in [0.1, 0.15) is 45.4 Å². The molecule has 0 aromatic heterocycles. The van der Waals surface area contributed by atoms with Gasteiger partial charge in [-0.3, -0.25) is 5.32 Å². The smallest absolute Gasteiger partial charge is 0.145 e. The van der Waals surface area contributed by atoms with Crippen LogP contribution < -0.4 is 21.6 Å². The van der Waals surface area contributed by atoms with E-state index in [0.717, 1.165) is 78.8 Å². The second-order valence-electron chi connectivity index (χ2n) is 16.7. The van der Waals surface area contributed by atoms with Crippen LogP contribution in [0, 0.1) is 6.92 Å². The number of amidine groups is 1. The number of phenols is 2. The molecule has 0 radical (unpaired) electrons. The van der Waals surface area contributed by atoms with E-state index in [1.54, 1.807) is 0 Å². The number of benzene rings is 6. The van der Waals surface area contributed by atoms with Crippen LogP contribution in [0.25, 0.3) is 33.4 Å². The maximum atomic E-state index is 12.3. The zero-order chi connectivity index (χ0) is 39.2. The molecule has 1 heterocycles. The molecule has 4 N–H and O–H groups in total. The summed E-state index contributed by atoms with van der Waals surface area (Å²) in [6.07, 6.45) is 9.60.